The minimum absolute atomic E-state index is 0.00330. The van der Waals surface area contributed by atoms with Crippen LogP contribution in [0.4, 0.5) is 0 Å². The van der Waals surface area contributed by atoms with Gasteiger partial charge in [-0.1, -0.05) is 19.8 Å². The lowest BCUT2D eigenvalue weighted by molar-refractivity contribution is -0.185. The van der Waals surface area contributed by atoms with Crippen molar-refractivity contribution in [3.8, 4) is 12.3 Å². The Kier molecular flexibility index (Phi) is 4.65. The number of hydrogen-bond acceptors (Lipinski definition) is 5. The highest BCUT2D eigenvalue weighted by molar-refractivity contribution is 5.66. The highest BCUT2D eigenvalue weighted by Gasteiger charge is 2.69. The first kappa shape index (κ1) is 20.2. The van der Waals surface area contributed by atoms with E-state index in [2.05, 4.69) is 19.8 Å². The highest BCUT2D eigenvalue weighted by atomic mass is 16.6. The predicted molar refractivity (Wildman–Crippen MR) is 104 cm³/mol. The Morgan fingerprint density at radius 2 is 1.79 bits per heavy atom. The average Bonchev–Trinajstić information content (AvgIpc) is 2.86. The van der Waals surface area contributed by atoms with E-state index in [9.17, 15) is 20.1 Å². The van der Waals surface area contributed by atoms with E-state index in [1.807, 2.05) is 0 Å². The molecular formula is C23H34O5. The molecule has 4 rings (SSSR count). The number of carbonyl (C=O) groups is 1. The SMILES string of the molecule is C#C[C@]1(O)[C@H](OC(C)=O)C[C@H]2[C@@H]3CCC4[C@@H](O)[C@@H](O)CC[C@]4(C)[C@H]3CC[C@@]21C. The van der Waals surface area contributed by atoms with Crippen molar-refractivity contribution >= 4 is 5.97 Å². The predicted octanol–water partition coefficient (Wildman–Crippen LogP) is 2.27. The maximum absolute atomic E-state index is 11.6. The van der Waals surface area contributed by atoms with Crippen molar-refractivity contribution < 1.29 is 24.9 Å². The largest absolute Gasteiger partial charge is 0.458 e. The van der Waals surface area contributed by atoms with Crippen molar-refractivity contribution in [2.24, 2.45) is 34.5 Å². The summed E-state index contributed by atoms with van der Waals surface area (Å²) < 4.78 is 5.51. The summed E-state index contributed by atoms with van der Waals surface area (Å²) >= 11 is 0. The summed E-state index contributed by atoms with van der Waals surface area (Å²) in [6.07, 6.45) is 9.64. The zero-order valence-electron chi connectivity index (χ0n) is 17.2. The van der Waals surface area contributed by atoms with Crippen molar-refractivity contribution in [1.29, 1.82) is 0 Å². The fourth-order valence-corrected chi connectivity index (χ4v) is 7.90. The molecule has 5 nitrogen and oxygen atoms in total. The summed E-state index contributed by atoms with van der Waals surface area (Å²) in [6.45, 7) is 5.73. The zero-order chi connectivity index (χ0) is 20.5. The van der Waals surface area contributed by atoms with Crippen molar-refractivity contribution in [3.05, 3.63) is 0 Å². The van der Waals surface area contributed by atoms with E-state index in [1.54, 1.807) is 0 Å². The van der Waals surface area contributed by atoms with Crippen LogP contribution >= 0.6 is 0 Å². The van der Waals surface area contributed by atoms with Crippen LogP contribution in [0.1, 0.15) is 65.7 Å². The van der Waals surface area contributed by atoms with Gasteiger partial charge in [0.25, 0.3) is 0 Å². The maximum Gasteiger partial charge on any atom is 0.303 e. The second-order valence-corrected chi connectivity index (χ2v) is 10.4. The molecule has 1 unspecified atom stereocenters. The molecule has 0 saturated heterocycles. The molecule has 28 heavy (non-hydrogen) atoms. The van der Waals surface area contributed by atoms with Crippen molar-refractivity contribution in [2.45, 2.75) is 89.6 Å². The molecule has 4 aliphatic rings. The average molecular weight is 391 g/mol. The molecule has 0 aliphatic heterocycles. The number of hydrogen-bond donors (Lipinski definition) is 3. The van der Waals surface area contributed by atoms with Gasteiger partial charge >= 0.3 is 5.97 Å². The number of aliphatic hydroxyl groups is 3. The molecule has 4 aliphatic carbocycles. The topological polar surface area (TPSA) is 87.0 Å². The van der Waals surface area contributed by atoms with E-state index in [1.165, 1.54) is 6.92 Å². The van der Waals surface area contributed by atoms with Crippen LogP contribution in [-0.4, -0.2) is 45.2 Å². The lowest BCUT2D eigenvalue weighted by Gasteiger charge is -2.61. The van der Waals surface area contributed by atoms with Gasteiger partial charge < -0.3 is 20.1 Å². The van der Waals surface area contributed by atoms with E-state index in [0.29, 0.717) is 24.7 Å². The second-order valence-electron chi connectivity index (χ2n) is 10.4. The Morgan fingerprint density at radius 3 is 2.43 bits per heavy atom. The number of carbonyl (C=O) groups excluding carboxylic acids is 1. The fourth-order valence-electron chi connectivity index (χ4n) is 7.90. The third-order valence-electron chi connectivity index (χ3n) is 9.45. The van der Waals surface area contributed by atoms with Crippen LogP contribution < -0.4 is 0 Å². The van der Waals surface area contributed by atoms with E-state index < -0.39 is 35.3 Å². The summed E-state index contributed by atoms with van der Waals surface area (Å²) in [5.41, 5.74) is -1.91. The summed E-state index contributed by atoms with van der Waals surface area (Å²) in [7, 11) is 0. The molecule has 0 radical (unpaired) electrons. The van der Waals surface area contributed by atoms with Crippen LogP contribution in [0, 0.1) is 46.8 Å². The molecule has 0 aromatic carbocycles. The van der Waals surface area contributed by atoms with Gasteiger partial charge in [-0.25, -0.2) is 0 Å². The van der Waals surface area contributed by atoms with Gasteiger partial charge in [-0.15, -0.1) is 6.42 Å². The maximum atomic E-state index is 11.6. The van der Waals surface area contributed by atoms with Gasteiger partial charge in [0.15, 0.2) is 5.60 Å². The van der Waals surface area contributed by atoms with Crippen LogP contribution in [0.5, 0.6) is 0 Å². The van der Waals surface area contributed by atoms with E-state index in [4.69, 9.17) is 11.2 Å². The summed E-state index contributed by atoms with van der Waals surface area (Å²) in [4.78, 5) is 11.6. The molecular weight excluding hydrogens is 356 g/mol. The molecule has 4 fully saturated rings. The fraction of sp³-hybridized carbons (Fsp3) is 0.870. The summed E-state index contributed by atoms with van der Waals surface area (Å²) in [5, 5.41) is 32.3. The first-order valence-corrected chi connectivity index (χ1v) is 10.8. The first-order valence-electron chi connectivity index (χ1n) is 10.8. The van der Waals surface area contributed by atoms with Gasteiger partial charge in [-0.2, -0.15) is 0 Å². The van der Waals surface area contributed by atoms with Crippen LogP contribution in [0.15, 0.2) is 0 Å². The molecule has 10 atom stereocenters. The molecule has 0 spiro atoms. The van der Waals surface area contributed by atoms with Gasteiger partial charge in [-0.3, -0.25) is 4.79 Å². The van der Waals surface area contributed by atoms with E-state index in [-0.39, 0.29) is 17.3 Å². The highest BCUT2D eigenvalue weighted by Crippen LogP contribution is 2.68. The monoisotopic (exact) mass is 390 g/mol. The number of fused-ring (bicyclic) bond motifs is 5. The second kappa shape index (κ2) is 6.45. The Morgan fingerprint density at radius 1 is 1.07 bits per heavy atom. The third-order valence-corrected chi connectivity index (χ3v) is 9.45. The van der Waals surface area contributed by atoms with Crippen LogP contribution in [0.3, 0.4) is 0 Å². The number of ether oxygens (including phenoxy) is 1. The van der Waals surface area contributed by atoms with Crippen LogP contribution in [-0.2, 0) is 9.53 Å². The molecule has 3 N–H and O–H groups in total. The number of terminal acetylenes is 1. The Labute approximate surface area is 167 Å². The van der Waals surface area contributed by atoms with E-state index in [0.717, 1.165) is 32.1 Å². The zero-order valence-corrected chi connectivity index (χ0v) is 17.2. The third kappa shape index (κ3) is 2.47. The summed E-state index contributed by atoms with van der Waals surface area (Å²) in [5.74, 6) is 3.35. The molecule has 4 saturated carbocycles. The van der Waals surface area contributed by atoms with Crippen LogP contribution in [0.25, 0.3) is 0 Å². The number of aliphatic hydroxyl groups excluding tert-OH is 2. The molecule has 0 aromatic heterocycles. The quantitative estimate of drug-likeness (QED) is 0.472. The number of rotatable bonds is 1. The van der Waals surface area contributed by atoms with Gasteiger partial charge in [-0.05, 0) is 74.0 Å². The smallest absolute Gasteiger partial charge is 0.303 e. The lowest BCUT2D eigenvalue weighted by atomic mass is 9.44. The molecule has 0 aromatic rings. The lowest BCUT2D eigenvalue weighted by Crippen LogP contribution is -2.60. The molecule has 0 amide bonds. The van der Waals surface area contributed by atoms with Crippen molar-refractivity contribution in [1.82, 2.24) is 0 Å². The Balaban J connectivity index is 1.67. The Hall–Kier alpha value is -1.09. The standard InChI is InChI=1S/C23H34O5/c1-5-23(27)19(28-13(2)24)12-17-14-6-7-16-20(26)18(25)9-10-21(16,3)15(14)8-11-22(17,23)4/h1,14-20,25-27H,6-12H2,2-4H3/t14-,15+,16?,17+,18+,19-,20-,21-,22+,23+/m1/s1. The first-order chi connectivity index (χ1) is 13.1. The van der Waals surface area contributed by atoms with E-state index >= 15 is 0 Å². The van der Waals surface area contributed by atoms with Crippen LogP contribution in [0.2, 0.25) is 0 Å². The molecule has 156 valence electrons. The van der Waals surface area contributed by atoms with Gasteiger partial charge in [0.05, 0.1) is 12.2 Å². The molecule has 5 heteroatoms. The van der Waals surface area contributed by atoms with Gasteiger partial charge in [0, 0.05) is 12.3 Å². The molecule has 0 heterocycles. The summed E-state index contributed by atoms with van der Waals surface area (Å²) in [6, 6.07) is 0. The van der Waals surface area contributed by atoms with Gasteiger partial charge in [0.2, 0.25) is 0 Å². The minimum Gasteiger partial charge on any atom is -0.458 e. The minimum atomic E-state index is -1.44. The molecule has 0 bridgehead atoms. The van der Waals surface area contributed by atoms with Gasteiger partial charge in [0.1, 0.15) is 6.10 Å². The van der Waals surface area contributed by atoms with Crippen molar-refractivity contribution in [2.75, 3.05) is 0 Å². The van der Waals surface area contributed by atoms with Crippen molar-refractivity contribution in [3.63, 3.8) is 0 Å². The normalized spacial score (nSPS) is 55.4. The number of esters is 1. The Bertz CT molecular complexity index is 700.